The van der Waals surface area contributed by atoms with Crippen molar-refractivity contribution in [2.24, 2.45) is 5.41 Å². The van der Waals surface area contributed by atoms with Crippen molar-refractivity contribution < 1.29 is 37.5 Å². The summed E-state index contributed by atoms with van der Waals surface area (Å²) in [5, 5.41) is 28.6. The number of hydrogen-bond donors (Lipinski definition) is 5. The van der Waals surface area contributed by atoms with Gasteiger partial charge in [0.2, 0.25) is 0 Å². The number of hydrogen-bond acceptors (Lipinski definition) is 13. The van der Waals surface area contributed by atoms with Gasteiger partial charge in [-0.3, -0.25) is 19.8 Å². The number of rotatable bonds is 13. The minimum Gasteiger partial charge on any atom is -0.489 e. The molecule has 4 aliphatic rings. The van der Waals surface area contributed by atoms with Crippen LogP contribution in [0.3, 0.4) is 0 Å². The van der Waals surface area contributed by atoms with E-state index >= 15 is 0 Å². The predicted molar refractivity (Wildman–Crippen MR) is 259 cm³/mol. The lowest BCUT2D eigenvalue weighted by Crippen LogP contribution is -2.49. The molecular weight excluding hydrogens is 914 g/mol. The Morgan fingerprint density at radius 1 is 1.01 bits per heavy atom. The number of carbonyl (C=O) groups excluding carboxylic acids is 1. The molecule has 2 aromatic heterocycles. The van der Waals surface area contributed by atoms with Crippen LogP contribution >= 0.6 is 11.6 Å². The molecule has 1 aliphatic carbocycles. The van der Waals surface area contributed by atoms with Gasteiger partial charge in [0, 0.05) is 98.9 Å². The average molecular weight is 969 g/mol. The number of fused-ring (bicyclic) bond motifs is 2. The van der Waals surface area contributed by atoms with E-state index in [0.717, 1.165) is 67.1 Å². The Morgan fingerprint density at radius 2 is 1.78 bits per heavy atom. The lowest BCUT2D eigenvalue weighted by molar-refractivity contribution is -0.384. The molecule has 2 fully saturated rings. The number of nitro benzene ring substituents is 1. The van der Waals surface area contributed by atoms with Crippen LogP contribution in [0.4, 0.5) is 21.9 Å². The number of anilines is 2. The number of ether oxygens (including phenoxy) is 2. The van der Waals surface area contributed by atoms with Gasteiger partial charge in [0.1, 0.15) is 23.8 Å². The van der Waals surface area contributed by atoms with Crippen molar-refractivity contribution in [3.8, 4) is 17.2 Å². The van der Waals surface area contributed by atoms with E-state index in [2.05, 4.69) is 66.0 Å². The van der Waals surface area contributed by atoms with Gasteiger partial charge in [-0.25, -0.2) is 22.9 Å². The van der Waals surface area contributed by atoms with Crippen molar-refractivity contribution in [2.75, 3.05) is 69.2 Å². The van der Waals surface area contributed by atoms with Crippen molar-refractivity contribution in [1.29, 1.82) is 0 Å². The van der Waals surface area contributed by atoms with Crippen LogP contribution in [0.5, 0.6) is 17.2 Å². The summed E-state index contributed by atoms with van der Waals surface area (Å²) in [4.78, 5) is 50.6. The molecule has 3 aliphatic heterocycles. The van der Waals surface area contributed by atoms with Crippen molar-refractivity contribution in [3.63, 3.8) is 0 Å². The summed E-state index contributed by atoms with van der Waals surface area (Å²) >= 11 is 6.25. The summed E-state index contributed by atoms with van der Waals surface area (Å²) in [5.41, 5.74) is 5.11. The average Bonchev–Trinajstić information content (AvgIpc) is 3.78. The Hall–Kier alpha value is -6.41. The predicted octanol–water partition coefficient (Wildman–Crippen LogP) is 7.73. The van der Waals surface area contributed by atoms with Gasteiger partial charge in [-0.2, -0.15) is 0 Å². The lowest BCUT2D eigenvalue weighted by Gasteiger charge is -2.39. The molecule has 2 saturated heterocycles. The second-order valence-corrected chi connectivity index (χ2v) is 20.9. The Morgan fingerprint density at radius 3 is 2.51 bits per heavy atom. The number of carboxylic acid groups (broad SMARTS) is 1. The quantitative estimate of drug-likeness (QED) is 0.0563. The number of piperidine rings is 1. The third-order valence-electron chi connectivity index (χ3n) is 13.3. The third-order valence-corrected chi connectivity index (χ3v) is 14.9. The number of benzene rings is 3. The van der Waals surface area contributed by atoms with Gasteiger partial charge < -0.3 is 40.0 Å². The smallest absolute Gasteiger partial charge is 0.404 e. The molecule has 0 saturated carbocycles. The van der Waals surface area contributed by atoms with E-state index in [9.17, 15) is 28.1 Å². The molecule has 2 amide bonds. The van der Waals surface area contributed by atoms with E-state index in [1.54, 1.807) is 24.4 Å². The normalized spacial score (nSPS) is 19.2. The second kappa shape index (κ2) is 19.3. The molecule has 18 nitrogen and oxygen atoms in total. The largest absolute Gasteiger partial charge is 0.489 e. The van der Waals surface area contributed by atoms with E-state index < -0.39 is 37.5 Å². The first-order chi connectivity index (χ1) is 32.6. The number of allylic oxidation sites excluding steroid dienone is 1. The highest BCUT2D eigenvalue weighted by molar-refractivity contribution is 7.90. The van der Waals surface area contributed by atoms with E-state index in [-0.39, 0.29) is 46.9 Å². The lowest BCUT2D eigenvalue weighted by atomic mass is 9.72. The number of sulfonamides is 1. The molecule has 5 N–H and O–H groups in total. The van der Waals surface area contributed by atoms with Gasteiger partial charge in [-0.1, -0.05) is 43.2 Å². The van der Waals surface area contributed by atoms with Gasteiger partial charge in [-0.15, -0.1) is 0 Å². The summed E-state index contributed by atoms with van der Waals surface area (Å²) in [6.07, 6.45) is 6.57. The van der Waals surface area contributed by atoms with Gasteiger partial charge in [0.05, 0.1) is 27.6 Å². The summed E-state index contributed by atoms with van der Waals surface area (Å²) in [7, 11) is -4.70. The Kier molecular flexibility index (Phi) is 13.2. The summed E-state index contributed by atoms with van der Waals surface area (Å²) in [6, 6.07) is 18.3. The standard InChI is InChI=1S/C48H54ClN9O9S/c1-48(2)13-9-32(40(25-48)30-3-5-33(49)6-4-30)27-56-17-19-57(20-18-56)36-7-8-39(42(22-36)67-37-21-31-10-14-50-45(31)51-26-37)46(59)54-68(64,65)38-23-41(58(62)63)44-43(24-38)66-29-35(52-44)28-55-15-11-34(12-16-55)53-47(60)61/h3-8,10,14,21-24,26,34-35,52-53H,9,11-13,15-20,25,27-29H2,1-2H3,(H,50,51)(H,54,59)(H,60,61)/t35-/m1/s1. The minimum atomic E-state index is -4.70. The fourth-order valence-electron chi connectivity index (χ4n) is 9.63. The highest BCUT2D eigenvalue weighted by atomic mass is 35.5. The van der Waals surface area contributed by atoms with E-state index in [4.69, 9.17) is 26.2 Å². The van der Waals surface area contributed by atoms with Crippen LogP contribution in [-0.2, 0) is 10.0 Å². The van der Waals surface area contributed by atoms with Crippen LogP contribution in [0.2, 0.25) is 5.02 Å². The summed E-state index contributed by atoms with van der Waals surface area (Å²) in [5.74, 6) is -0.636. The van der Waals surface area contributed by atoms with Crippen molar-refractivity contribution in [1.82, 2.24) is 29.8 Å². The molecule has 68 heavy (non-hydrogen) atoms. The van der Waals surface area contributed by atoms with Crippen LogP contribution in [0.15, 0.2) is 89.6 Å². The summed E-state index contributed by atoms with van der Waals surface area (Å²) < 4.78 is 42.3. The number of halogens is 1. The van der Waals surface area contributed by atoms with Gasteiger partial charge >= 0.3 is 6.09 Å². The van der Waals surface area contributed by atoms with Crippen LogP contribution in [0.1, 0.15) is 61.9 Å². The first kappa shape index (κ1) is 46.7. The molecule has 358 valence electrons. The van der Waals surface area contributed by atoms with Crippen LogP contribution < -0.4 is 29.7 Å². The fourth-order valence-corrected chi connectivity index (χ4v) is 10.8. The highest BCUT2D eigenvalue weighted by Gasteiger charge is 2.34. The first-order valence-electron chi connectivity index (χ1n) is 22.8. The maximum Gasteiger partial charge on any atom is 0.404 e. The van der Waals surface area contributed by atoms with Crippen molar-refractivity contribution in [2.45, 2.75) is 62.9 Å². The molecule has 9 rings (SSSR count). The van der Waals surface area contributed by atoms with Gasteiger partial charge in [-0.05, 0) is 85.1 Å². The SMILES string of the molecule is CC1(C)CCC(CN2CCN(c3ccc(C(=O)NS(=O)(=O)c4cc5c(c([N+](=O)[O-])c4)N[C@H](CN4CCC(NC(=O)O)CC4)CO5)c(Oc4cnc5[nH]ccc5c4)c3)CC2)=C(c2ccc(Cl)cc2)C1. The van der Waals surface area contributed by atoms with Crippen molar-refractivity contribution in [3.05, 3.63) is 111 Å². The Balaban J connectivity index is 0.914. The number of amides is 2. The summed E-state index contributed by atoms with van der Waals surface area (Å²) in [6.45, 7) is 10.3. The number of pyridine rings is 1. The Bertz CT molecular complexity index is 2870. The topological polar surface area (TPSA) is 225 Å². The molecule has 5 aromatic rings. The number of aromatic nitrogens is 2. The van der Waals surface area contributed by atoms with Crippen LogP contribution in [0.25, 0.3) is 16.6 Å². The fraction of sp³-hybridized carbons (Fsp3) is 0.396. The second-order valence-electron chi connectivity index (χ2n) is 18.7. The number of piperazine rings is 1. The molecule has 0 radical (unpaired) electrons. The number of nitrogens with one attached hydrogen (secondary N) is 4. The maximum absolute atomic E-state index is 14.1. The molecule has 3 aromatic carbocycles. The van der Waals surface area contributed by atoms with Crippen LogP contribution in [-0.4, -0.2) is 121 Å². The number of carbonyl (C=O) groups is 2. The molecular formula is C48H54ClN9O9S. The number of aromatic amines is 1. The highest BCUT2D eigenvalue weighted by Crippen LogP contribution is 2.44. The van der Waals surface area contributed by atoms with E-state index in [1.807, 2.05) is 18.2 Å². The number of nitro groups is 1. The van der Waals surface area contributed by atoms with E-state index in [1.165, 1.54) is 29.0 Å². The van der Waals surface area contributed by atoms with Crippen LogP contribution in [0, 0.1) is 15.5 Å². The Labute approximate surface area is 398 Å². The zero-order valence-corrected chi connectivity index (χ0v) is 39.4. The molecule has 20 heteroatoms. The van der Waals surface area contributed by atoms with Gasteiger partial charge in [0.25, 0.3) is 21.6 Å². The first-order valence-corrected chi connectivity index (χ1v) is 24.6. The monoisotopic (exact) mass is 967 g/mol. The van der Waals surface area contributed by atoms with E-state index in [0.29, 0.717) is 57.0 Å². The number of nitrogens with zero attached hydrogens (tertiary/aromatic N) is 5. The zero-order valence-electron chi connectivity index (χ0n) is 37.8. The maximum atomic E-state index is 14.1. The zero-order chi connectivity index (χ0) is 47.7. The molecule has 0 spiro atoms. The molecule has 5 heterocycles. The molecule has 0 bridgehead atoms. The molecule has 0 unspecified atom stereocenters. The van der Waals surface area contributed by atoms with Gasteiger partial charge in [0.15, 0.2) is 11.4 Å². The number of likely N-dealkylation sites (tertiary alicyclic amines) is 1. The minimum absolute atomic E-state index is 0.0249. The molecule has 1 atom stereocenters. The van der Waals surface area contributed by atoms with Crippen molar-refractivity contribution >= 4 is 67.3 Å². The number of H-pyrrole nitrogens is 1. The third kappa shape index (κ3) is 10.7.